The lowest BCUT2D eigenvalue weighted by atomic mass is 10.2. The molecule has 0 radical (unpaired) electrons. The molecule has 90 valence electrons. The fourth-order valence-corrected chi connectivity index (χ4v) is 4.13. The average molecular weight is 267 g/mol. The third kappa shape index (κ3) is 2.25. The molecule has 0 spiro atoms. The SMILES string of the molecule is NCCc1noc(-c2cc3c(s2)CCSC3)n1. The number of nitrogens with zero attached hydrogens (tertiary/aromatic N) is 2. The molecule has 0 unspecified atom stereocenters. The molecule has 0 saturated heterocycles. The van der Waals surface area contributed by atoms with E-state index in [2.05, 4.69) is 16.2 Å². The zero-order chi connectivity index (χ0) is 11.7. The second-order valence-electron chi connectivity index (χ2n) is 3.92. The zero-order valence-corrected chi connectivity index (χ0v) is 10.9. The van der Waals surface area contributed by atoms with E-state index in [9.17, 15) is 0 Å². The Morgan fingerprint density at radius 2 is 2.41 bits per heavy atom. The van der Waals surface area contributed by atoms with Gasteiger partial charge in [0.2, 0.25) is 0 Å². The van der Waals surface area contributed by atoms with Crippen LogP contribution in [0, 0.1) is 0 Å². The first-order valence-electron chi connectivity index (χ1n) is 5.59. The molecule has 0 fully saturated rings. The van der Waals surface area contributed by atoms with Gasteiger partial charge in [0.25, 0.3) is 5.89 Å². The molecule has 1 aliphatic heterocycles. The highest BCUT2D eigenvalue weighted by molar-refractivity contribution is 7.98. The molecule has 0 bridgehead atoms. The van der Waals surface area contributed by atoms with E-state index in [1.807, 2.05) is 11.8 Å². The maximum Gasteiger partial charge on any atom is 0.268 e. The second kappa shape index (κ2) is 4.80. The Balaban J connectivity index is 1.89. The molecule has 17 heavy (non-hydrogen) atoms. The highest BCUT2D eigenvalue weighted by Crippen LogP contribution is 2.36. The summed E-state index contributed by atoms with van der Waals surface area (Å²) < 4.78 is 5.27. The number of thioether (sulfide) groups is 1. The number of nitrogens with two attached hydrogens (primary N) is 1. The summed E-state index contributed by atoms with van der Waals surface area (Å²) in [6, 6.07) is 2.19. The van der Waals surface area contributed by atoms with Crippen LogP contribution in [0.3, 0.4) is 0 Å². The summed E-state index contributed by atoms with van der Waals surface area (Å²) in [5, 5.41) is 3.92. The van der Waals surface area contributed by atoms with Crippen LogP contribution in [0.2, 0.25) is 0 Å². The Kier molecular flexibility index (Phi) is 3.17. The number of fused-ring (bicyclic) bond motifs is 1. The van der Waals surface area contributed by atoms with Crippen molar-refractivity contribution >= 4 is 23.1 Å². The molecule has 0 aromatic carbocycles. The van der Waals surface area contributed by atoms with Gasteiger partial charge in [-0.2, -0.15) is 16.7 Å². The van der Waals surface area contributed by atoms with Gasteiger partial charge in [-0.25, -0.2) is 0 Å². The van der Waals surface area contributed by atoms with Crippen LogP contribution in [0.1, 0.15) is 16.3 Å². The molecule has 3 heterocycles. The van der Waals surface area contributed by atoms with Gasteiger partial charge >= 0.3 is 0 Å². The Morgan fingerprint density at radius 1 is 1.47 bits per heavy atom. The van der Waals surface area contributed by atoms with E-state index in [4.69, 9.17) is 10.3 Å². The van der Waals surface area contributed by atoms with Crippen molar-refractivity contribution in [3.63, 3.8) is 0 Å². The van der Waals surface area contributed by atoms with E-state index in [-0.39, 0.29) is 0 Å². The topological polar surface area (TPSA) is 64.9 Å². The molecule has 0 amide bonds. The van der Waals surface area contributed by atoms with Crippen molar-refractivity contribution < 1.29 is 4.52 Å². The van der Waals surface area contributed by atoms with Gasteiger partial charge in [-0.15, -0.1) is 11.3 Å². The van der Waals surface area contributed by atoms with Crippen LogP contribution in [0.25, 0.3) is 10.8 Å². The zero-order valence-electron chi connectivity index (χ0n) is 9.31. The van der Waals surface area contributed by atoms with Crippen molar-refractivity contribution in [2.75, 3.05) is 12.3 Å². The third-order valence-corrected chi connectivity index (χ3v) is 4.91. The van der Waals surface area contributed by atoms with Crippen LogP contribution in [-0.4, -0.2) is 22.4 Å². The third-order valence-electron chi connectivity index (χ3n) is 2.67. The summed E-state index contributed by atoms with van der Waals surface area (Å²) in [4.78, 5) is 6.92. The first-order valence-corrected chi connectivity index (χ1v) is 7.56. The van der Waals surface area contributed by atoms with Crippen LogP contribution in [0.4, 0.5) is 0 Å². The summed E-state index contributed by atoms with van der Waals surface area (Å²) >= 11 is 3.76. The lowest BCUT2D eigenvalue weighted by Crippen LogP contribution is -2.03. The minimum atomic E-state index is 0.552. The Bertz CT molecular complexity index is 497. The van der Waals surface area contributed by atoms with Crippen molar-refractivity contribution in [3.05, 3.63) is 22.3 Å². The molecule has 2 aromatic heterocycles. The Morgan fingerprint density at radius 3 is 3.24 bits per heavy atom. The molecule has 0 saturated carbocycles. The summed E-state index contributed by atoms with van der Waals surface area (Å²) in [6.45, 7) is 0.552. The lowest BCUT2D eigenvalue weighted by Gasteiger charge is -2.08. The number of aromatic nitrogens is 2. The minimum absolute atomic E-state index is 0.552. The molecule has 4 nitrogen and oxygen atoms in total. The van der Waals surface area contributed by atoms with E-state index < -0.39 is 0 Å². The smallest absolute Gasteiger partial charge is 0.268 e. The normalized spacial score (nSPS) is 14.9. The van der Waals surface area contributed by atoms with Gasteiger partial charge < -0.3 is 10.3 Å². The highest BCUT2D eigenvalue weighted by Gasteiger charge is 2.17. The lowest BCUT2D eigenvalue weighted by molar-refractivity contribution is 0.423. The summed E-state index contributed by atoms with van der Waals surface area (Å²) in [6.07, 6.45) is 1.83. The largest absolute Gasteiger partial charge is 0.333 e. The predicted octanol–water partition coefficient (Wildman–Crippen LogP) is 2.09. The Hall–Kier alpha value is -0.850. The standard InChI is InChI=1S/C11H13N3OS2/c12-3-1-10-13-11(15-14-10)9-5-7-6-16-4-2-8(7)17-9/h5H,1-4,6,12H2. The second-order valence-corrected chi connectivity index (χ2v) is 6.16. The van der Waals surface area contributed by atoms with Crippen molar-refractivity contribution in [2.24, 2.45) is 5.73 Å². The van der Waals surface area contributed by atoms with E-state index in [0.29, 0.717) is 24.7 Å². The van der Waals surface area contributed by atoms with Gasteiger partial charge in [0.1, 0.15) is 0 Å². The number of hydrogen-bond acceptors (Lipinski definition) is 6. The molecule has 1 aliphatic rings. The van der Waals surface area contributed by atoms with E-state index >= 15 is 0 Å². The van der Waals surface area contributed by atoms with Gasteiger partial charge in [-0.1, -0.05) is 5.16 Å². The maximum absolute atomic E-state index is 5.47. The molecule has 0 aliphatic carbocycles. The number of aryl methyl sites for hydroxylation is 1. The molecule has 0 atom stereocenters. The van der Waals surface area contributed by atoms with Crippen LogP contribution in [-0.2, 0) is 18.6 Å². The summed E-state index contributed by atoms with van der Waals surface area (Å²) in [7, 11) is 0. The summed E-state index contributed by atoms with van der Waals surface area (Å²) in [5.41, 5.74) is 6.90. The van der Waals surface area contributed by atoms with Gasteiger partial charge in [0.05, 0.1) is 4.88 Å². The maximum atomic E-state index is 5.47. The highest BCUT2D eigenvalue weighted by atomic mass is 32.2. The van der Waals surface area contributed by atoms with Gasteiger partial charge in [0.15, 0.2) is 5.82 Å². The van der Waals surface area contributed by atoms with Crippen LogP contribution in [0.5, 0.6) is 0 Å². The molecule has 2 aromatic rings. The van der Waals surface area contributed by atoms with E-state index in [1.54, 1.807) is 11.3 Å². The van der Waals surface area contributed by atoms with Gasteiger partial charge in [-0.3, -0.25) is 0 Å². The molecular formula is C11H13N3OS2. The fourth-order valence-electron chi connectivity index (χ4n) is 1.84. The van der Waals surface area contributed by atoms with Crippen molar-refractivity contribution in [2.45, 2.75) is 18.6 Å². The van der Waals surface area contributed by atoms with Crippen LogP contribution in [0.15, 0.2) is 10.6 Å². The molecule has 6 heteroatoms. The molecule has 2 N–H and O–H groups in total. The number of thiophene rings is 1. The van der Waals surface area contributed by atoms with Gasteiger partial charge in [-0.05, 0) is 30.3 Å². The quantitative estimate of drug-likeness (QED) is 0.922. The minimum Gasteiger partial charge on any atom is -0.333 e. The van der Waals surface area contributed by atoms with Crippen molar-refractivity contribution in [3.8, 4) is 10.8 Å². The van der Waals surface area contributed by atoms with Crippen LogP contribution >= 0.6 is 23.1 Å². The van der Waals surface area contributed by atoms with E-state index in [0.717, 1.165) is 17.1 Å². The predicted molar refractivity (Wildman–Crippen MR) is 70.2 cm³/mol. The monoisotopic (exact) mass is 267 g/mol. The summed E-state index contributed by atoms with van der Waals surface area (Å²) in [5.74, 6) is 3.66. The average Bonchev–Trinajstić information content (AvgIpc) is 2.94. The first kappa shape index (κ1) is 11.3. The molecule has 3 rings (SSSR count). The van der Waals surface area contributed by atoms with E-state index in [1.165, 1.54) is 16.2 Å². The van der Waals surface area contributed by atoms with Crippen molar-refractivity contribution in [1.29, 1.82) is 0 Å². The Labute approximate surface area is 108 Å². The number of hydrogen-bond donors (Lipinski definition) is 1. The fraction of sp³-hybridized carbons (Fsp3) is 0.455. The van der Waals surface area contributed by atoms with Crippen LogP contribution < -0.4 is 5.73 Å². The number of rotatable bonds is 3. The van der Waals surface area contributed by atoms with Crippen molar-refractivity contribution in [1.82, 2.24) is 10.1 Å². The van der Waals surface area contributed by atoms with Gasteiger partial charge in [0, 0.05) is 17.1 Å². The first-order chi connectivity index (χ1) is 8.36. The molecular weight excluding hydrogens is 254 g/mol.